The lowest BCUT2D eigenvalue weighted by Crippen LogP contribution is -2.55. The van der Waals surface area contributed by atoms with Gasteiger partial charge in [-0.05, 0) is 38.0 Å². The Bertz CT molecular complexity index is 482. The van der Waals surface area contributed by atoms with Crippen molar-refractivity contribution in [3.8, 4) is 0 Å². The second kappa shape index (κ2) is 7.70. The molecule has 0 atom stereocenters. The summed E-state index contributed by atoms with van der Waals surface area (Å²) in [5, 5.41) is 3.01. The normalized spacial score (nSPS) is 16.5. The third-order valence-corrected chi connectivity index (χ3v) is 4.14. The van der Waals surface area contributed by atoms with E-state index in [0.717, 1.165) is 31.9 Å². The number of carbonyl (C=O) groups is 1. The molecule has 22 heavy (non-hydrogen) atoms. The largest absolute Gasteiger partial charge is 0.379 e. The Morgan fingerprint density at radius 3 is 2.55 bits per heavy atom. The van der Waals surface area contributed by atoms with Crippen molar-refractivity contribution >= 4 is 5.91 Å². The second-order valence-electron chi connectivity index (χ2n) is 6.32. The molecule has 0 aliphatic carbocycles. The molecule has 1 aromatic rings. The van der Waals surface area contributed by atoms with Crippen molar-refractivity contribution in [1.82, 2.24) is 10.2 Å². The first-order valence-corrected chi connectivity index (χ1v) is 7.81. The minimum Gasteiger partial charge on any atom is -0.379 e. The molecule has 0 unspecified atom stereocenters. The summed E-state index contributed by atoms with van der Waals surface area (Å²) >= 11 is 0. The van der Waals surface area contributed by atoms with Crippen molar-refractivity contribution in [3.05, 3.63) is 35.6 Å². The summed E-state index contributed by atoms with van der Waals surface area (Å²) in [5.74, 6) is -0.217. The minimum atomic E-state index is -0.250. The molecule has 1 aromatic carbocycles. The number of halogens is 1. The number of hydrogen-bond acceptors (Lipinski definition) is 3. The molecule has 122 valence electrons. The first-order valence-electron chi connectivity index (χ1n) is 7.81. The van der Waals surface area contributed by atoms with Gasteiger partial charge in [-0.2, -0.15) is 0 Å². The first-order chi connectivity index (χ1) is 10.5. The summed E-state index contributed by atoms with van der Waals surface area (Å²) in [6.07, 6.45) is 1.05. The third kappa shape index (κ3) is 5.07. The molecule has 1 fully saturated rings. The highest BCUT2D eigenvalue weighted by Crippen LogP contribution is 2.15. The molecule has 4 nitrogen and oxygen atoms in total. The Hall–Kier alpha value is -1.46. The Morgan fingerprint density at radius 2 is 1.91 bits per heavy atom. The van der Waals surface area contributed by atoms with Crippen LogP contribution in [-0.4, -0.2) is 49.2 Å². The number of morpholine rings is 1. The highest BCUT2D eigenvalue weighted by molar-refractivity contribution is 5.76. The first kappa shape index (κ1) is 16.9. The van der Waals surface area contributed by atoms with Crippen LogP contribution in [-0.2, 0) is 16.0 Å². The Kier molecular flexibility index (Phi) is 5.91. The summed E-state index contributed by atoms with van der Waals surface area (Å²) < 4.78 is 18.2. The lowest BCUT2D eigenvalue weighted by molar-refractivity contribution is -0.121. The fourth-order valence-electron chi connectivity index (χ4n) is 2.59. The maximum absolute atomic E-state index is 12.8. The molecular weight excluding hydrogens is 283 g/mol. The molecule has 5 heteroatoms. The van der Waals surface area contributed by atoms with E-state index in [2.05, 4.69) is 24.1 Å². The maximum atomic E-state index is 12.8. The van der Waals surface area contributed by atoms with Crippen LogP contribution in [0.3, 0.4) is 0 Å². The predicted octanol–water partition coefficient (Wildman–Crippen LogP) is 1.99. The van der Waals surface area contributed by atoms with Gasteiger partial charge in [0.25, 0.3) is 0 Å². The Morgan fingerprint density at radius 1 is 1.27 bits per heavy atom. The Balaban J connectivity index is 1.73. The van der Waals surface area contributed by atoms with Crippen LogP contribution in [0.25, 0.3) is 0 Å². The van der Waals surface area contributed by atoms with Crippen LogP contribution in [0.4, 0.5) is 4.39 Å². The third-order valence-electron chi connectivity index (χ3n) is 4.14. The molecule has 1 saturated heterocycles. The minimum absolute atomic E-state index is 0.0330. The van der Waals surface area contributed by atoms with E-state index in [9.17, 15) is 9.18 Å². The van der Waals surface area contributed by atoms with E-state index in [1.807, 2.05) is 0 Å². The van der Waals surface area contributed by atoms with Crippen LogP contribution < -0.4 is 5.32 Å². The van der Waals surface area contributed by atoms with Gasteiger partial charge in [-0.25, -0.2) is 4.39 Å². The van der Waals surface area contributed by atoms with Crippen molar-refractivity contribution in [2.45, 2.75) is 32.2 Å². The molecule has 1 heterocycles. The van der Waals surface area contributed by atoms with Crippen LogP contribution >= 0.6 is 0 Å². The van der Waals surface area contributed by atoms with Gasteiger partial charge < -0.3 is 10.1 Å². The van der Waals surface area contributed by atoms with Crippen molar-refractivity contribution < 1.29 is 13.9 Å². The van der Waals surface area contributed by atoms with Gasteiger partial charge in [0, 0.05) is 31.6 Å². The zero-order valence-electron chi connectivity index (χ0n) is 13.4. The quantitative estimate of drug-likeness (QED) is 0.874. The summed E-state index contributed by atoms with van der Waals surface area (Å²) in [5.41, 5.74) is 0.902. The number of amides is 1. The fourth-order valence-corrected chi connectivity index (χ4v) is 2.59. The molecule has 2 rings (SSSR count). The van der Waals surface area contributed by atoms with Gasteiger partial charge >= 0.3 is 0 Å². The van der Waals surface area contributed by atoms with Gasteiger partial charge in [0.05, 0.1) is 13.2 Å². The van der Waals surface area contributed by atoms with Crippen molar-refractivity contribution in [3.63, 3.8) is 0 Å². The zero-order chi connectivity index (χ0) is 16.0. The number of ether oxygens (including phenoxy) is 1. The molecule has 1 aliphatic rings. The van der Waals surface area contributed by atoms with Gasteiger partial charge in [-0.1, -0.05) is 12.1 Å². The van der Waals surface area contributed by atoms with Gasteiger partial charge in [-0.3, -0.25) is 9.69 Å². The van der Waals surface area contributed by atoms with E-state index in [1.165, 1.54) is 12.1 Å². The SMILES string of the molecule is CC(C)(CNC(=O)CCc1ccc(F)cc1)N1CCOCC1. The number of aryl methyl sites for hydroxylation is 1. The lowest BCUT2D eigenvalue weighted by Gasteiger charge is -2.40. The standard InChI is InChI=1S/C17H25FN2O2/c1-17(2,20-9-11-22-12-10-20)13-19-16(21)8-5-14-3-6-15(18)7-4-14/h3-4,6-7H,5,8-13H2,1-2H3,(H,19,21). The highest BCUT2D eigenvalue weighted by atomic mass is 19.1. The molecule has 0 aromatic heterocycles. The van der Waals surface area contributed by atoms with Gasteiger partial charge in [0.1, 0.15) is 5.82 Å². The van der Waals surface area contributed by atoms with Crippen LogP contribution in [0.1, 0.15) is 25.8 Å². The van der Waals surface area contributed by atoms with E-state index in [0.29, 0.717) is 19.4 Å². The molecule has 1 aliphatic heterocycles. The molecule has 0 radical (unpaired) electrons. The predicted molar refractivity (Wildman–Crippen MR) is 84.2 cm³/mol. The maximum Gasteiger partial charge on any atom is 0.220 e. The monoisotopic (exact) mass is 308 g/mol. The lowest BCUT2D eigenvalue weighted by atomic mass is 10.0. The molecule has 0 bridgehead atoms. The Labute approximate surface area is 131 Å². The average molecular weight is 308 g/mol. The van der Waals surface area contributed by atoms with Gasteiger partial charge in [0.2, 0.25) is 5.91 Å². The van der Waals surface area contributed by atoms with Crippen LogP contribution in [0, 0.1) is 5.82 Å². The molecule has 1 N–H and O–H groups in total. The van der Waals surface area contributed by atoms with E-state index in [-0.39, 0.29) is 17.3 Å². The summed E-state index contributed by atoms with van der Waals surface area (Å²) in [4.78, 5) is 14.3. The van der Waals surface area contributed by atoms with Crippen molar-refractivity contribution in [2.75, 3.05) is 32.8 Å². The average Bonchev–Trinajstić information content (AvgIpc) is 2.53. The molecule has 1 amide bonds. The number of hydrogen-bond donors (Lipinski definition) is 1. The van der Waals surface area contributed by atoms with Crippen molar-refractivity contribution in [2.24, 2.45) is 0 Å². The molecule has 0 spiro atoms. The van der Waals surface area contributed by atoms with Gasteiger partial charge in [-0.15, -0.1) is 0 Å². The summed E-state index contributed by atoms with van der Waals surface area (Å²) in [6.45, 7) is 8.20. The zero-order valence-corrected chi connectivity index (χ0v) is 13.4. The van der Waals surface area contributed by atoms with E-state index < -0.39 is 0 Å². The van der Waals surface area contributed by atoms with Crippen molar-refractivity contribution in [1.29, 1.82) is 0 Å². The smallest absolute Gasteiger partial charge is 0.220 e. The number of nitrogens with zero attached hydrogens (tertiary/aromatic N) is 1. The number of benzene rings is 1. The van der Waals surface area contributed by atoms with Crippen LogP contribution in [0.5, 0.6) is 0 Å². The number of rotatable bonds is 6. The summed E-state index contributed by atoms with van der Waals surface area (Å²) in [7, 11) is 0. The van der Waals surface area contributed by atoms with E-state index in [4.69, 9.17) is 4.74 Å². The number of carbonyl (C=O) groups excluding carboxylic acids is 1. The van der Waals surface area contributed by atoms with E-state index >= 15 is 0 Å². The van der Waals surface area contributed by atoms with E-state index in [1.54, 1.807) is 12.1 Å². The van der Waals surface area contributed by atoms with Crippen LogP contribution in [0.15, 0.2) is 24.3 Å². The second-order valence-corrected chi connectivity index (χ2v) is 6.32. The van der Waals surface area contributed by atoms with Gasteiger partial charge in [0.15, 0.2) is 0 Å². The highest BCUT2D eigenvalue weighted by Gasteiger charge is 2.28. The molecular formula is C17H25FN2O2. The van der Waals surface area contributed by atoms with Crippen LogP contribution in [0.2, 0.25) is 0 Å². The fraction of sp³-hybridized carbons (Fsp3) is 0.588. The topological polar surface area (TPSA) is 41.6 Å². The molecule has 0 saturated carbocycles. The number of nitrogens with one attached hydrogen (secondary N) is 1. The summed E-state index contributed by atoms with van der Waals surface area (Å²) in [6, 6.07) is 6.30.